The second kappa shape index (κ2) is 10.9. The van der Waals surface area contributed by atoms with Crippen LogP contribution in [0, 0.1) is 0 Å². The van der Waals surface area contributed by atoms with Gasteiger partial charge >= 0.3 is 0 Å². The van der Waals surface area contributed by atoms with Gasteiger partial charge in [-0.25, -0.2) is 9.97 Å². The van der Waals surface area contributed by atoms with Crippen molar-refractivity contribution in [1.29, 1.82) is 0 Å². The van der Waals surface area contributed by atoms with Crippen LogP contribution in [-0.4, -0.2) is 68.3 Å². The summed E-state index contributed by atoms with van der Waals surface area (Å²) in [5.41, 5.74) is 3.74. The molecule has 4 heterocycles. The molecule has 0 saturated carbocycles. The van der Waals surface area contributed by atoms with Gasteiger partial charge in [-0.05, 0) is 37.5 Å². The molecule has 10 nitrogen and oxygen atoms in total. The van der Waals surface area contributed by atoms with Crippen molar-refractivity contribution < 1.29 is 14.3 Å². The first-order valence-electron chi connectivity index (χ1n) is 12.4. The van der Waals surface area contributed by atoms with Crippen LogP contribution in [0.25, 0.3) is 11.3 Å². The number of hydrogen-bond donors (Lipinski definition) is 2. The van der Waals surface area contributed by atoms with Gasteiger partial charge in [-0.1, -0.05) is 23.7 Å². The van der Waals surface area contributed by atoms with E-state index in [4.69, 9.17) is 16.3 Å². The quantitative estimate of drug-likeness (QED) is 0.466. The molecule has 1 saturated heterocycles. The first-order valence-corrected chi connectivity index (χ1v) is 12.8. The molecule has 3 aromatic rings. The minimum atomic E-state index is -0.196. The minimum Gasteiger partial charge on any atom is -0.381 e. The number of ether oxygens (including phenoxy) is 1. The number of fused-ring (bicyclic) bond motifs is 1. The average Bonchev–Trinajstić information content (AvgIpc) is 3.42. The number of anilines is 1. The van der Waals surface area contributed by atoms with Crippen molar-refractivity contribution in [3.05, 3.63) is 58.5 Å². The number of aryl methyl sites for hydroxylation is 1. The number of hydrogen-bond acceptors (Lipinski definition) is 7. The minimum absolute atomic E-state index is 0.00793. The van der Waals surface area contributed by atoms with Crippen molar-refractivity contribution in [3.8, 4) is 11.3 Å². The van der Waals surface area contributed by atoms with Gasteiger partial charge < -0.3 is 20.3 Å². The molecule has 2 aliphatic rings. The van der Waals surface area contributed by atoms with E-state index in [0.29, 0.717) is 48.4 Å². The number of nitrogens with zero attached hydrogens (tertiary/aromatic N) is 5. The molecule has 0 aliphatic carbocycles. The molecule has 1 atom stereocenters. The standard InChI is InChI=1S/C26H30ClN7O3/c1-16(11-20-5-8-29-33(20)2)30-23(35)15-34-14-18-4-3-17(12-21(18)25(34)36)24-22(27)13-28-26(32-24)31-19-6-9-37-10-7-19/h3-5,8,12-13,16,19H,6-7,9-11,14-15H2,1-2H3,(H,30,35)(H,28,31,32). The van der Waals surface area contributed by atoms with Crippen molar-refractivity contribution in [2.45, 2.75) is 44.8 Å². The van der Waals surface area contributed by atoms with Gasteiger partial charge in [-0.15, -0.1) is 0 Å². The molecule has 1 unspecified atom stereocenters. The van der Waals surface area contributed by atoms with E-state index in [9.17, 15) is 9.59 Å². The Morgan fingerprint density at radius 1 is 1.27 bits per heavy atom. The van der Waals surface area contributed by atoms with Crippen LogP contribution >= 0.6 is 11.6 Å². The van der Waals surface area contributed by atoms with E-state index in [1.165, 1.54) is 0 Å². The lowest BCUT2D eigenvalue weighted by Crippen LogP contribution is -2.42. The van der Waals surface area contributed by atoms with Crippen molar-refractivity contribution >= 4 is 29.4 Å². The molecular formula is C26H30ClN7O3. The molecule has 11 heteroatoms. The second-order valence-corrected chi connectivity index (χ2v) is 9.98. The lowest BCUT2D eigenvalue weighted by atomic mass is 10.0. The van der Waals surface area contributed by atoms with Crippen molar-refractivity contribution in [2.75, 3.05) is 25.1 Å². The summed E-state index contributed by atoms with van der Waals surface area (Å²) in [5.74, 6) is 0.118. The molecule has 1 aromatic carbocycles. The predicted octanol–water partition coefficient (Wildman–Crippen LogP) is 2.82. The monoisotopic (exact) mass is 523 g/mol. The average molecular weight is 524 g/mol. The summed E-state index contributed by atoms with van der Waals surface area (Å²) >= 11 is 6.44. The number of carbonyl (C=O) groups is 2. The summed E-state index contributed by atoms with van der Waals surface area (Å²) < 4.78 is 7.20. The fraction of sp³-hybridized carbons (Fsp3) is 0.423. The lowest BCUT2D eigenvalue weighted by molar-refractivity contribution is -0.122. The second-order valence-electron chi connectivity index (χ2n) is 9.57. The molecule has 2 N–H and O–H groups in total. The zero-order valence-electron chi connectivity index (χ0n) is 20.9. The van der Waals surface area contributed by atoms with E-state index in [0.717, 1.165) is 29.7 Å². The maximum absolute atomic E-state index is 13.2. The number of halogens is 1. The SMILES string of the molecule is CC(Cc1ccnn1C)NC(=O)CN1Cc2ccc(-c3nc(NC4CCOCC4)ncc3Cl)cc2C1=O. The summed E-state index contributed by atoms with van der Waals surface area (Å²) in [4.78, 5) is 36.4. The van der Waals surface area contributed by atoms with Crippen LogP contribution < -0.4 is 10.6 Å². The van der Waals surface area contributed by atoms with E-state index in [2.05, 4.69) is 25.7 Å². The molecule has 2 amide bonds. The highest BCUT2D eigenvalue weighted by Crippen LogP contribution is 2.31. The normalized spacial score (nSPS) is 16.5. The molecule has 0 radical (unpaired) electrons. The van der Waals surface area contributed by atoms with Crippen LogP contribution in [-0.2, 0) is 29.5 Å². The Hall–Kier alpha value is -3.50. The highest BCUT2D eigenvalue weighted by atomic mass is 35.5. The molecule has 2 aliphatic heterocycles. The van der Waals surface area contributed by atoms with Gasteiger partial charge in [0.1, 0.15) is 6.54 Å². The predicted molar refractivity (Wildman–Crippen MR) is 139 cm³/mol. The summed E-state index contributed by atoms with van der Waals surface area (Å²) in [6, 6.07) is 7.68. The number of carbonyl (C=O) groups excluding carboxylic acids is 2. The fourth-order valence-corrected chi connectivity index (χ4v) is 4.96. The van der Waals surface area contributed by atoms with Gasteiger partial charge in [0, 0.05) is 68.3 Å². The lowest BCUT2D eigenvalue weighted by Gasteiger charge is -2.23. The number of rotatable bonds is 8. The van der Waals surface area contributed by atoms with Crippen molar-refractivity contribution in [2.24, 2.45) is 7.05 Å². The van der Waals surface area contributed by atoms with E-state index in [1.807, 2.05) is 32.2 Å². The first kappa shape index (κ1) is 25.2. The molecule has 0 bridgehead atoms. The topological polar surface area (TPSA) is 114 Å². The Balaban J connectivity index is 1.24. The largest absolute Gasteiger partial charge is 0.381 e. The zero-order valence-corrected chi connectivity index (χ0v) is 21.7. The molecular weight excluding hydrogens is 494 g/mol. The van der Waals surface area contributed by atoms with Gasteiger partial charge in [-0.3, -0.25) is 14.3 Å². The van der Waals surface area contributed by atoms with Crippen LogP contribution in [0.1, 0.15) is 41.4 Å². The third-order valence-corrected chi connectivity index (χ3v) is 7.02. The maximum atomic E-state index is 13.2. The Bertz CT molecular complexity index is 1310. The number of aromatic nitrogens is 4. The van der Waals surface area contributed by atoms with Gasteiger partial charge in [0.05, 0.1) is 16.9 Å². The zero-order chi connectivity index (χ0) is 25.9. The number of amides is 2. The molecule has 2 aromatic heterocycles. The summed E-state index contributed by atoms with van der Waals surface area (Å²) in [7, 11) is 1.87. The van der Waals surface area contributed by atoms with Gasteiger partial charge in [-0.2, -0.15) is 5.10 Å². The van der Waals surface area contributed by atoms with Crippen LogP contribution in [0.2, 0.25) is 5.02 Å². The molecule has 37 heavy (non-hydrogen) atoms. The third-order valence-electron chi connectivity index (χ3n) is 6.74. The van der Waals surface area contributed by atoms with Crippen LogP contribution in [0.4, 0.5) is 5.95 Å². The van der Waals surface area contributed by atoms with Gasteiger partial charge in [0.15, 0.2) is 0 Å². The van der Waals surface area contributed by atoms with E-state index < -0.39 is 0 Å². The molecule has 0 spiro atoms. The van der Waals surface area contributed by atoms with E-state index in [-0.39, 0.29) is 30.4 Å². The van der Waals surface area contributed by atoms with Crippen molar-refractivity contribution in [1.82, 2.24) is 30.0 Å². The number of benzene rings is 1. The molecule has 5 rings (SSSR count). The Labute approximate surface area is 220 Å². The van der Waals surface area contributed by atoms with E-state index >= 15 is 0 Å². The van der Waals surface area contributed by atoms with Crippen LogP contribution in [0.5, 0.6) is 0 Å². The maximum Gasteiger partial charge on any atom is 0.254 e. The number of nitrogens with one attached hydrogen (secondary N) is 2. The summed E-state index contributed by atoms with van der Waals surface area (Å²) in [5, 5.41) is 10.9. The smallest absolute Gasteiger partial charge is 0.254 e. The highest BCUT2D eigenvalue weighted by molar-refractivity contribution is 6.33. The Morgan fingerprint density at radius 2 is 2.08 bits per heavy atom. The Morgan fingerprint density at radius 3 is 2.84 bits per heavy atom. The van der Waals surface area contributed by atoms with E-state index in [1.54, 1.807) is 28.0 Å². The molecule has 1 fully saturated rings. The van der Waals surface area contributed by atoms with Crippen LogP contribution in [0.15, 0.2) is 36.7 Å². The molecule has 194 valence electrons. The summed E-state index contributed by atoms with van der Waals surface area (Å²) in [6.45, 7) is 3.73. The summed E-state index contributed by atoms with van der Waals surface area (Å²) in [6.07, 6.45) is 5.74. The third kappa shape index (κ3) is 5.75. The van der Waals surface area contributed by atoms with Crippen LogP contribution in [0.3, 0.4) is 0 Å². The Kier molecular flexibility index (Phi) is 7.38. The fourth-order valence-electron chi connectivity index (χ4n) is 4.76. The van der Waals surface area contributed by atoms with Crippen molar-refractivity contribution in [3.63, 3.8) is 0 Å². The first-order chi connectivity index (χ1) is 17.9. The highest BCUT2D eigenvalue weighted by Gasteiger charge is 2.30. The van der Waals surface area contributed by atoms with Gasteiger partial charge in [0.25, 0.3) is 5.91 Å². The van der Waals surface area contributed by atoms with Gasteiger partial charge in [0.2, 0.25) is 11.9 Å².